The highest BCUT2D eigenvalue weighted by Crippen LogP contribution is 2.19. The van der Waals surface area contributed by atoms with E-state index in [4.69, 9.17) is 4.52 Å². The van der Waals surface area contributed by atoms with Crippen LogP contribution in [-0.4, -0.2) is 26.8 Å². The summed E-state index contributed by atoms with van der Waals surface area (Å²) in [5.74, 6) is 2.76. The fourth-order valence-corrected chi connectivity index (χ4v) is 3.01. The largest absolute Gasteiger partial charge is 0.361 e. The summed E-state index contributed by atoms with van der Waals surface area (Å²) in [5, 5.41) is 6.89. The first-order chi connectivity index (χ1) is 10.1. The van der Waals surface area contributed by atoms with E-state index >= 15 is 0 Å². The van der Waals surface area contributed by atoms with Crippen molar-refractivity contribution in [3.8, 4) is 0 Å². The van der Waals surface area contributed by atoms with Crippen LogP contribution in [0.2, 0.25) is 0 Å². The fourth-order valence-electron chi connectivity index (χ4n) is 2.02. The zero-order valence-corrected chi connectivity index (χ0v) is 13.3. The molecule has 2 heterocycles. The van der Waals surface area contributed by atoms with Gasteiger partial charge in [-0.15, -0.1) is 11.8 Å². The SMILES string of the molecule is CCC(NC(=O)CSCc1c(C)noc1C)c1ncc[nH]1. The zero-order valence-electron chi connectivity index (χ0n) is 12.5. The van der Waals surface area contributed by atoms with E-state index in [9.17, 15) is 4.79 Å². The van der Waals surface area contributed by atoms with Crippen LogP contribution in [0, 0.1) is 13.8 Å². The van der Waals surface area contributed by atoms with E-state index < -0.39 is 0 Å². The Labute approximate surface area is 128 Å². The Morgan fingerprint density at radius 3 is 2.90 bits per heavy atom. The molecule has 0 radical (unpaired) electrons. The van der Waals surface area contributed by atoms with E-state index in [1.807, 2.05) is 20.8 Å². The fraction of sp³-hybridized carbons (Fsp3) is 0.500. The van der Waals surface area contributed by atoms with Gasteiger partial charge in [-0.3, -0.25) is 4.79 Å². The minimum atomic E-state index is -0.0628. The molecule has 2 aromatic rings. The van der Waals surface area contributed by atoms with E-state index in [0.717, 1.165) is 35.0 Å². The van der Waals surface area contributed by atoms with Gasteiger partial charge in [-0.25, -0.2) is 4.98 Å². The number of carbonyl (C=O) groups excluding carboxylic acids is 1. The summed E-state index contributed by atoms with van der Waals surface area (Å²) in [5.41, 5.74) is 1.97. The predicted octanol–water partition coefficient (Wildman–Crippen LogP) is 2.52. The number of H-pyrrole nitrogens is 1. The Morgan fingerprint density at radius 2 is 2.33 bits per heavy atom. The first-order valence-corrected chi connectivity index (χ1v) is 8.05. The van der Waals surface area contributed by atoms with Gasteiger partial charge in [0.05, 0.1) is 17.5 Å². The molecule has 0 aliphatic carbocycles. The second-order valence-electron chi connectivity index (χ2n) is 4.80. The highest BCUT2D eigenvalue weighted by Gasteiger charge is 2.15. The molecule has 21 heavy (non-hydrogen) atoms. The summed E-state index contributed by atoms with van der Waals surface area (Å²) < 4.78 is 5.11. The van der Waals surface area contributed by atoms with Gasteiger partial charge < -0.3 is 14.8 Å². The Balaban J connectivity index is 1.80. The smallest absolute Gasteiger partial charge is 0.230 e. The van der Waals surface area contributed by atoms with E-state index in [1.165, 1.54) is 0 Å². The Kier molecular flexibility index (Phi) is 5.44. The molecular weight excluding hydrogens is 288 g/mol. The molecule has 1 unspecified atom stereocenters. The number of carbonyl (C=O) groups is 1. The second kappa shape index (κ2) is 7.31. The van der Waals surface area contributed by atoms with Crippen molar-refractivity contribution in [2.45, 2.75) is 39.0 Å². The number of hydrogen-bond donors (Lipinski definition) is 2. The number of thioether (sulfide) groups is 1. The van der Waals surface area contributed by atoms with Gasteiger partial charge in [0, 0.05) is 23.7 Å². The molecule has 0 aromatic carbocycles. The molecule has 114 valence electrons. The minimum absolute atomic E-state index is 0.00927. The molecule has 0 aliphatic heterocycles. The van der Waals surface area contributed by atoms with Crippen molar-refractivity contribution in [1.82, 2.24) is 20.4 Å². The molecule has 0 saturated carbocycles. The maximum Gasteiger partial charge on any atom is 0.230 e. The number of aromatic amines is 1. The number of amides is 1. The molecule has 2 N–H and O–H groups in total. The van der Waals surface area contributed by atoms with Crippen LogP contribution in [-0.2, 0) is 10.5 Å². The molecule has 0 aliphatic rings. The molecule has 0 spiro atoms. The van der Waals surface area contributed by atoms with Crippen molar-refractivity contribution in [3.05, 3.63) is 35.2 Å². The van der Waals surface area contributed by atoms with Crippen molar-refractivity contribution in [2.75, 3.05) is 5.75 Å². The minimum Gasteiger partial charge on any atom is -0.361 e. The first kappa shape index (κ1) is 15.6. The van der Waals surface area contributed by atoms with Gasteiger partial charge in [-0.1, -0.05) is 12.1 Å². The molecule has 7 heteroatoms. The summed E-state index contributed by atoms with van der Waals surface area (Å²) >= 11 is 1.55. The maximum absolute atomic E-state index is 12.0. The van der Waals surface area contributed by atoms with Crippen LogP contribution in [0.15, 0.2) is 16.9 Å². The van der Waals surface area contributed by atoms with Gasteiger partial charge in [-0.05, 0) is 20.3 Å². The number of nitrogens with one attached hydrogen (secondary N) is 2. The first-order valence-electron chi connectivity index (χ1n) is 6.90. The summed E-state index contributed by atoms with van der Waals surface area (Å²) in [6.07, 6.45) is 4.25. The molecule has 0 bridgehead atoms. The van der Waals surface area contributed by atoms with Gasteiger partial charge in [0.25, 0.3) is 0 Å². The predicted molar refractivity (Wildman–Crippen MR) is 81.9 cm³/mol. The number of nitrogens with zero attached hydrogens (tertiary/aromatic N) is 2. The van der Waals surface area contributed by atoms with Crippen molar-refractivity contribution < 1.29 is 9.32 Å². The third kappa shape index (κ3) is 4.10. The molecule has 1 amide bonds. The number of aryl methyl sites for hydroxylation is 2. The quantitative estimate of drug-likeness (QED) is 0.821. The van der Waals surface area contributed by atoms with Crippen LogP contribution >= 0.6 is 11.8 Å². The Morgan fingerprint density at radius 1 is 1.52 bits per heavy atom. The standard InChI is InChI=1S/C14H20N4O2S/c1-4-12(14-15-5-6-16-14)17-13(19)8-21-7-11-9(2)18-20-10(11)3/h5-6,12H,4,7-8H2,1-3H3,(H,15,16)(H,17,19). The molecule has 2 aromatic heterocycles. The number of aromatic nitrogens is 3. The average molecular weight is 308 g/mol. The van der Waals surface area contributed by atoms with Crippen molar-refractivity contribution in [1.29, 1.82) is 0 Å². The molecular formula is C14H20N4O2S. The van der Waals surface area contributed by atoms with E-state index in [2.05, 4.69) is 20.4 Å². The topological polar surface area (TPSA) is 83.8 Å². The summed E-state index contributed by atoms with van der Waals surface area (Å²) in [6, 6.07) is -0.0628. The monoisotopic (exact) mass is 308 g/mol. The van der Waals surface area contributed by atoms with Crippen molar-refractivity contribution in [3.63, 3.8) is 0 Å². The maximum atomic E-state index is 12.0. The Hall–Kier alpha value is -1.76. The van der Waals surface area contributed by atoms with Crippen molar-refractivity contribution >= 4 is 17.7 Å². The summed E-state index contributed by atoms with van der Waals surface area (Å²) in [7, 11) is 0. The number of imidazole rings is 1. The molecule has 2 rings (SSSR count). The van der Waals surface area contributed by atoms with Gasteiger partial charge >= 0.3 is 0 Å². The van der Waals surface area contributed by atoms with E-state index in [0.29, 0.717) is 5.75 Å². The second-order valence-corrected chi connectivity index (χ2v) is 5.78. The lowest BCUT2D eigenvalue weighted by Crippen LogP contribution is -2.30. The number of hydrogen-bond acceptors (Lipinski definition) is 5. The third-order valence-corrected chi connectivity index (χ3v) is 4.21. The molecule has 0 saturated heterocycles. The zero-order chi connectivity index (χ0) is 15.2. The highest BCUT2D eigenvalue weighted by molar-refractivity contribution is 7.99. The lowest BCUT2D eigenvalue weighted by molar-refractivity contribution is -0.119. The molecule has 0 fully saturated rings. The summed E-state index contributed by atoms with van der Waals surface area (Å²) in [4.78, 5) is 19.2. The number of rotatable bonds is 7. The lowest BCUT2D eigenvalue weighted by atomic mass is 10.2. The van der Waals surface area contributed by atoms with Gasteiger partial charge in [0.1, 0.15) is 11.6 Å². The summed E-state index contributed by atoms with van der Waals surface area (Å²) in [6.45, 7) is 5.82. The van der Waals surface area contributed by atoms with Crippen LogP contribution in [0.25, 0.3) is 0 Å². The van der Waals surface area contributed by atoms with Crippen LogP contribution in [0.3, 0.4) is 0 Å². The highest BCUT2D eigenvalue weighted by atomic mass is 32.2. The van der Waals surface area contributed by atoms with Gasteiger partial charge in [0.2, 0.25) is 5.91 Å². The van der Waals surface area contributed by atoms with Crippen LogP contribution in [0.1, 0.15) is 42.2 Å². The van der Waals surface area contributed by atoms with Crippen LogP contribution in [0.4, 0.5) is 0 Å². The van der Waals surface area contributed by atoms with E-state index in [-0.39, 0.29) is 11.9 Å². The van der Waals surface area contributed by atoms with Gasteiger partial charge in [0.15, 0.2) is 0 Å². The van der Waals surface area contributed by atoms with Gasteiger partial charge in [-0.2, -0.15) is 0 Å². The Bertz CT molecular complexity index is 560. The molecule has 1 atom stereocenters. The van der Waals surface area contributed by atoms with Crippen LogP contribution in [0.5, 0.6) is 0 Å². The molecule has 6 nitrogen and oxygen atoms in total. The van der Waals surface area contributed by atoms with E-state index in [1.54, 1.807) is 24.2 Å². The van der Waals surface area contributed by atoms with Crippen molar-refractivity contribution in [2.24, 2.45) is 0 Å². The normalized spacial score (nSPS) is 12.3. The lowest BCUT2D eigenvalue weighted by Gasteiger charge is -2.14. The van der Waals surface area contributed by atoms with Crippen LogP contribution < -0.4 is 5.32 Å². The third-order valence-electron chi connectivity index (χ3n) is 3.25. The average Bonchev–Trinajstić information content (AvgIpc) is 3.09.